The zero-order chi connectivity index (χ0) is 23.2. The van der Waals surface area contributed by atoms with Gasteiger partial charge in [0.15, 0.2) is 0 Å². The zero-order valence-corrected chi connectivity index (χ0v) is 22.3. The van der Waals surface area contributed by atoms with Crippen LogP contribution in [0.1, 0.15) is 28.9 Å². The van der Waals surface area contributed by atoms with Crippen LogP contribution in [0.3, 0.4) is 0 Å². The quantitative estimate of drug-likeness (QED) is 0.331. The number of nitrogens with zero attached hydrogens (tertiary/aromatic N) is 2. The van der Waals surface area contributed by atoms with Crippen LogP contribution in [0.2, 0.25) is 0 Å². The molecule has 0 bridgehead atoms. The van der Waals surface area contributed by atoms with Crippen molar-refractivity contribution in [3.05, 3.63) is 78.1 Å². The summed E-state index contributed by atoms with van der Waals surface area (Å²) in [6, 6.07) is 19.2. The van der Waals surface area contributed by atoms with Crippen molar-refractivity contribution in [2.45, 2.75) is 31.8 Å². The van der Waals surface area contributed by atoms with Crippen molar-refractivity contribution in [3.63, 3.8) is 0 Å². The third-order valence-electron chi connectivity index (χ3n) is 5.78. The third-order valence-corrected chi connectivity index (χ3v) is 6.43. The summed E-state index contributed by atoms with van der Waals surface area (Å²) in [5.74, 6) is -1.18. The summed E-state index contributed by atoms with van der Waals surface area (Å²) < 4.78 is 2.24. The van der Waals surface area contributed by atoms with Crippen molar-refractivity contribution in [1.29, 1.82) is 0 Å². The molecule has 0 unspecified atom stereocenters. The van der Waals surface area contributed by atoms with E-state index in [1.165, 1.54) is 17.3 Å². The maximum atomic E-state index is 12.8. The molecule has 2 aromatic heterocycles. The number of rotatable bonds is 10. The fourth-order valence-corrected chi connectivity index (χ4v) is 4.58. The van der Waals surface area contributed by atoms with E-state index in [9.17, 15) is 14.7 Å². The van der Waals surface area contributed by atoms with E-state index in [-0.39, 0.29) is 35.3 Å². The molecule has 0 aliphatic rings. The van der Waals surface area contributed by atoms with E-state index in [2.05, 4.69) is 45.2 Å². The molecule has 0 saturated carbocycles. The molecule has 2 heterocycles. The Kier molecular flexibility index (Phi) is 9.59. The Balaban J connectivity index is 0.00000324. The van der Waals surface area contributed by atoms with Gasteiger partial charge in [-0.25, -0.2) is 4.98 Å². The number of hydrogen-bond acceptors (Lipinski definition) is 5. The van der Waals surface area contributed by atoms with Crippen molar-refractivity contribution in [2.24, 2.45) is 0 Å². The summed E-state index contributed by atoms with van der Waals surface area (Å²) in [7, 11) is 0. The Hall–Kier alpha value is -2.32. The molecular weight excluding hydrogens is 457 g/mol. The largest absolute Gasteiger partial charge is 1.00 e. The predicted molar refractivity (Wildman–Crippen MR) is 131 cm³/mol. The number of nitrogens with one attached hydrogen (secondary N) is 1. The van der Waals surface area contributed by atoms with Gasteiger partial charge in [-0.15, -0.1) is 0 Å². The van der Waals surface area contributed by atoms with Crippen LogP contribution in [0, 0.1) is 0 Å². The van der Waals surface area contributed by atoms with Gasteiger partial charge in [0.25, 0.3) is 5.91 Å². The monoisotopic (exact) mass is 483 g/mol. The number of amides is 1. The molecule has 1 amide bonds. The topological polar surface area (TPSA) is 87.0 Å². The molecule has 2 aromatic carbocycles. The fraction of sp³-hybridized carbons (Fsp3) is 0.269. The van der Waals surface area contributed by atoms with Crippen LogP contribution >= 0.6 is 11.8 Å². The molecule has 0 spiro atoms. The fourth-order valence-electron chi connectivity index (χ4n) is 4.11. The van der Waals surface area contributed by atoms with E-state index in [0.29, 0.717) is 12.2 Å². The van der Waals surface area contributed by atoms with Crippen molar-refractivity contribution >= 4 is 45.4 Å². The second-order valence-electron chi connectivity index (χ2n) is 7.97. The number of hydrogen-bond donors (Lipinski definition) is 1. The van der Waals surface area contributed by atoms with Crippen LogP contribution in [0.25, 0.3) is 21.8 Å². The minimum Gasteiger partial charge on any atom is -0.548 e. The molecule has 4 rings (SSSR count). The molecule has 34 heavy (non-hydrogen) atoms. The molecule has 1 N–H and O–H groups in total. The summed E-state index contributed by atoms with van der Waals surface area (Å²) in [6.07, 6.45) is 5.85. The normalized spacial score (nSPS) is 11.8. The number of para-hydroxylation sites is 1. The van der Waals surface area contributed by atoms with Gasteiger partial charge in [0, 0.05) is 22.8 Å². The number of aryl methyl sites for hydroxylation is 2. The van der Waals surface area contributed by atoms with E-state index in [1.807, 2.05) is 30.5 Å². The number of carbonyl (C=O) groups excluding carboxylic acids is 2. The molecule has 0 aliphatic heterocycles. The average Bonchev–Trinajstić information content (AvgIpc) is 3.15. The standard InChI is InChI=1S/C26H27N3O3S.Na/c1-33-15-13-21(26(31)32)28-25(30)22-16-20-19-11-5-6-12-23(19)29(24(20)17-27-22)14-7-10-18-8-3-2-4-9-18;/h2-6,8-9,11-12,16-17,21H,7,10,13-15H2,1H3,(H,28,30)(H,31,32);/q;+1/p-1/t21-;/m0./s1. The third kappa shape index (κ3) is 6.02. The second-order valence-corrected chi connectivity index (χ2v) is 8.96. The minimum absolute atomic E-state index is 0. The summed E-state index contributed by atoms with van der Waals surface area (Å²) >= 11 is 1.52. The molecule has 4 aromatic rings. The molecular formula is C26H26N3NaO3S. The number of benzene rings is 2. The van der Waals surface area contributed by atoms with Gasteiger partial charge in [0.1, 0.15) is 5.69 Å². The first kappa shape index (κ1) is 26.3. The molecule has 0 aliphatic carbocycles. The van der Waals surface area contributed by atoms with Crippen molar-refractivity contribution in [3.8, 4) is 0 Å². The average molecular weight is 484 g/mol. The first-order chi connectivity index (χ1) is 16.1. The second kappa shape index (κ2) is 12.4. The molecule has 0 saturated heterocycles. The molecule has 8 heteroatoms. The van der Waals surface area contributed by atoms with Gasteiger partial charge in [0.05, 0.1) is 23.7 Å². The van der Waals surface area contributed by atoms with Crippen LogP contribution in [-0.2, 0) is 17.8 Å². The predicted octanol–water partition coefficient (Wildman–Crippen LogP) is 0.428. The molecule has 1 atom stereocenters. The molecule has 6 nitrogen and oxygen atoms in total. The van der Waals surface area contributed by atoms with Crippen LogP contribution in [0.5, 0.6) is 0 Å². The van der Waals surface area contributed by atoms with E-state index in [1.54, 1.807) is 12.3 Å². The minimum atomic E-state index is -1.28. The van der Waals surface area contributed by atoms with Gasteiger partial charge >= 0.3 is 29.6 Å². The molecule has 0 radical (unpaired) electrons. The van der Waals surface area contributed by atoms with Gasteiger partial charge in [-0.2, -0.15) is 11.8 Å². The smallest absolute Gasteiger partial charge is 0.548 e. The zero-order valence-electron chi connectivity index (χ0n) is 19.5. The number of fused-ring (bicyclic) bond motifs is 3. The van der Waals surface area contributed by atoms with Crippen LogP contribution in [-0.4, -0.2) is 39.5 Å². The van der Waals surface area contributed by atoms with E-state index < -0.39 is 17.9 Å². The van der Waals surface area contributed by atoms with E-state index >= 15 is 0 Å². The number of carboxylic acids is 1. The van der Waals surface area contributed by atoms with Crippen LogP contribution < -0.4 is 40.0 Å². The Labute approximate surface area is 225 Å². The Morgan fingerprint density at radius 1 is 1.06 bits per heavy atom. The Bertz CT molecular complexity index is 1280. The summed E-state index contributed by atoms with van der Waals surface area (Å²) in [6.45, 7) is 0.827. The van der Waals surface area contributed by atoms with E-state index in [4.69, 9.17) is 0 Å². The van der Waals surface area contributed by atoms with Gasteiger partial charge in [0.2, 0.25) is 0 Å². The van der Waals surface area contributed by atoms with Crippen LogP contribution in [0.4, 0.5) is 0 Å². The molecule has 170 valence electrons. The number of carbonyl (C=O) groups is 2. The van der Waals surface area contributed by atoms with Crippen molar-refractivity contribution in [2.75, 3.05) is 12.0 Å². The number of aliphatic carboxylic acids is 1. The molecule has 0 fully saturated rings. The number of thioether (sulfide) groups is 1. The van der Waals surface area contributed by atoms with Gasteiger partial charge in [-0.05, 0) is 49.0 Å². The summed E-state index contributed by atoms with van der Waals surface area (Å²) in [5.41, 5.74) is 3.55. The summed E-state index contributed by atoms with van der Waals surface area (Å²) in [4.78, 5) is 28.5. The first-order valence-corrected chi connectivity index (χ1v) is 12.4. The van der Waals surface area contributed by atoms with Gasteiger partial charge < -0.3 is 19.8 Å². The first-order valence-electron chi connectivity index (χ1n) is 11.0. The van der Waals surface area contributed by atoms with Gasteiger partial charge in [-0.3, -0.25) is 4.79 Å². The summed E-state index contributed by atoms with van der Waals surface area (Å²) in [5, 5.41) is 15.9. The maximum Gasteiger partial charge on any atom is 1.00 e. The van der Waals surface area contributed by atoms with E-state index in [0.717, 1.165) is 41.2 Å². The van der Waals surface area contributed by atoms with Crippen LogP contribution in [0.15, 0.2) is 66.9 Å². The Morgan fingerprint density at radius 2 is 1.79 bits per heavy atom. The van der Waals surface area contributed by atoms with Gasteiger partial charge in [-0.1, -0.05) is 48.5 Å². The number of pyridine rings is 1. The SMILES string of the molecule is CSCC[C@H](NC(=O)c1cc2c3ccccc3n(CCCc3ccccc3)c2cn1)C(=O)[O-].[Na+]. The number of carboxylic acid groups (broad SMARTS) is 1. The number of aromatic nitrogens is 2. The maximum absolute atomic E-state index is 12.8. The van der Waals surface area contributed by atoms with Crippen molar-refractivity contribution in [1.82, 2.24) is 14.9 Å². The Morgan fingerprint density at radius 3 is 2.53 bits per heavy atom. The van der Waals surface area contributed by atoms with Crippen molar-refractivity contribution < 1.29 is 44.3 Å².